The van der Waals surface area contributed by atoms with Gasteiger partial charge in [-0.3, -0.25) is 4.98 Å². The third kappa shape index (κ3) is 2.16. The van der Waals surface area contributed by atoms with Gasteiger partial charge in [0.1, 0.15) is 5.82 Å². The van der Waals surface area contributed by atoms with E-state index >= 15 is 0 Å². The molecule has 1 nitrogen and oxygen atoms in total. The number of hydrogen-bond acceptors (Lipinski definition) is 1. The van der Waals surface area contributed by atoms with E-state index in [1.807, 2.05) is 18.2 Å². The van der Waals surface area contributed by atoms with Crippen LogP contribution in [-0.4, -0.2) is 4.98 Å². The maximum atomic E-state index is 12.9. The van der Waals surface area contributed by atoms with E-state index in [2.05, 4.69) is 4.98 Å². The summed E-state index contributed by atoms with van der Waals surface area (Å²) in [5, 5.41) is 0. The van der Waals surface area contributed by atoms with Gasteiger partial charge in [-0.25, -0.2) is 4.39 Å². The van der Waals surface area contributed by atoms with Crippen LogP contribution in [0, 0.1) is 5.82 Å². The summed E-state index contributed by atoms with van der Waals surface area (Å²) < 4.78 is 12.9. The van der Waals surface area contributed by atoms with Crippen molar-refractivity contribution >= 4 is 0 Å². The fraction of sp³-hybridized carbons (Fsp3) is 0.0833. The maximum Gasteiger partial charge on any atom is 0.123 e. The molecular formula is C12H10FN. The Morgan fingerprint density at radius 3 is 2.64 bits per heavy atom. The minimum absolute atomic E-state index is 0.189. The van der Waals surface area contributed by atoms with E-state index in [0.29, 0.717) is 0 Å². The molecule has 2 aromatic rings. The Kier molecular flexibility index (Phi) is 2.54. The van der Waals surface area contributed by atoms with Crippen LogP contribution in [-0.2, 0) is 6.42 Å². The van der Waals surface area contributed by atoms with E-state index < -0.39 is 0 Å². The summed E-state index contributed by atoms with van der Waals surface area (Å²) in [6.07, 6.45) is 4.26. The van der Waals surface area contributed by atoms with Crippen molar-refractivity contribution in [3.63, 3.8) is 0 Å². The standard InChI is InChI=1S/C12H10FN/c13-12-5-1-3-10(8-12)7-11-4-2-6-14-9-11/h1-6,8-9H,7H2. The van der Waals surface area contributed by atoms with Crippen LogP contribution in [0.1, 0.15) is 11.1 Å². The monoisotopic (exact) mass is 187 g/mol. The summed E-state index contributed by atoms with van der Waals surface area (Å²) in [4.78, 5) is 4.01. The predicted molar refractivity (Wildman–Crippen MR) is 53.4 cm³/mol. The summed E-state index contributed by atoms with van der Waals surface area (Å²) in [7, 11) is 0. The highest BCUT2D eigenvalue weighted by Gasteiger charge is 1.96. The number of rotatable bonds is 2. The molecule has 0 atom stereocenters. The number of nitrogens with zero attached hydrogens (tertiary/aromatic N) is 1. The van der Waals surface area contributed by atoms with E-state index in [1.165, 1.54) is 6.07 Å². The van der Waals surface area contributed by atoms with Crippen molar-refractivity contribution in [2.75, 3.05) is 0 Å². The molecule has 14 heavy (non-hydrogen) atoms. The summed E-state index contributed by atoms with van der Waals surface area (Å²) in [6, 6.07) is 10.5. The molecular weight excluding hydrogens is 177 g/mol. The molecule has 1 heterocycles. The van der Waals surface area contributed by atoms with Gasteiger partial charge in [-0.05, 0) is 35.7 Å². The van der Waals surface area contributed by atoms with Gasteiger partial charge in [0.2, 0.25) is 0 Å². The van der Waals surface area contributed by atoms with Crippen LogP contribution in [0.2, 0.25) is 0 Å². The molecule has 70 valence electrons. The van der Waals surface area contributed by atoms with E-state index in [4.69, 9.17) is 0 Å². The second-order valence-corrected chi connectivity index (χ2v) is 3.17. The lowest BCUT2D eigenvalue weighted by atomic mass is 10.1. The molecule has 1 aromatic carbocycles. The SMILES string of the molecule is Fc1cccc(Cc2cccnc2)c1. The normalized spacial score (nSPS) is 10.1. The Hall–Kier alpha value is -1.70. The van der Waals surface area contributed by atoms with Gasteiger partial charge in [0.05, 0.1) is 0 Å². The van der Waals surface area contributed by atoms with Crippen LogP contribution in [0.5, 0.6) is 0 Å². The quantitative estimate of drug-likeness (QED) is 0.704. The lowest BCUT2D eigenvalue weighted by Gasteiger charge is -2.00. The van der Waals surface area contributed by atoms with Crippen molar-refractivity contribution in [2.24, 2.45) is 0 Å². The Balaban J connectivity index is 2.19. The number of pyridine rings is 1. The van der Waals surface area contributed by atoms with Crippen molar-refractivity contribution in [1.29, 1.82) is 0 Å². The summed E-state index contributed by atoms with van der Waals surface area (Å²) in [5.41, 5.74) is 2.07. The molecule has 0 aliphatic heterocycles. The van der Waals surface area contributed by atoms with E-state index in [1.54, 1.807) is 24.5 Å². The van der Waals surface area contributed by atoms with Gasteiger partial charge in [0.15, 0.2) is 0 Å². The second-order valence-electron chi connectivity index (χ2n) is 3.17. The maximum absolute atomic E-state index is 12.9. The van der Waals surface area contributed by atoms with Gasteiger partial charge < -0.3 is 0 Å². The molecule has 2 rings (SSSR count). The zero-order valence-electron chi connectivity index (χ0n) is 7.65. The molecule has 0 fully saturated rings. The first-order chi connectivity index (χ1) is 6.84. The van der Waals surface area contributed by atoms with E-state index in [-0.39, 0.29) is 5.82 Å². The topological polar surface area (TPSA) is 12.9 Å². The van der Waals surface area contributed by atoms with E-state index in [9.17, 15) is 4.39 Å². The van der Waals surface area contributed by atoms with Gasteiger partial charge in [-0.1, -0.05) is 18.2 Å². The summed E-state index contributed by atoms with van der Waals surface area (Å²) in [6.45, 7) is 0. The van der Waals surface area contributed by atoms with Gasteiger partial charge in [-0.2, -0.15) is 0 Å². The van der Waals surface area contributed by atoms with Crippen LogP contribution in [0.25, 0.3) is 0 Å². The minimum atomic E-state index is -0.189. The first-order valence-electron chi connectivity index (χ1n) is 4.48. The van der Waals surface area contributed by atoms with Crippen LogP contribution < -0.4 is 0 Å². The van der Waals surface area contributed by atoms with Crippen LogP contribution >= 0.6 is 0 Å². The van der Waals surface area contributed by atoms with Crippen molar-refractivity contribution in [3.05, 3.63) is 65.7 Å². The van der Waals surface area contributed by atoms with E-state index in [0.717, 1.165) is 17.5 Å². The molecule has 0 aliphatic rings. The highest BCUT2D eigenvalue weighted by Crippen LogP contribution is 2.09. The van der Waals surface area contributed by atoms with Gasteiger partial charge in [0.25, 0.3) is 0 Å². The molecule has 0 saturated carbocycles. The van der Waals surface area contributed by atoms with Gasteiger partial charge in [0, 0.05) is 12.4 Å². The Labute approximate surface area is 82.2 Å². The highest BCUT2D eigenvalue weighted by molar-refractivity contribution is 5.24. The average molecular weight is 187 g/mol. The molecule has 0 unspecified atom stereocenters. The summed E-state index contributed by atoms with van der Waals surface area (Å²) in [5.74, 6) is -0.189. The molecule has 0 bridgehead atoms. The summed E-state index contributed by atoms with van der Waals surface area (Å²) >= 11 is 0. The smallest absolute Gasteiger partial charge is 0.123 e. The Bertz CT molecular complexity index is 412. The molecule has 0 N–H and O–H groups in total. The molecule has 0 amide bonds. The van der Waals surface area contributed by atoms with Crippen LogP contribution in [0.4, 0.5) is 4.39 Å². The minimum Gasteiger partial charge on any atom is -0.264 e. The molecule has 0 spiro atoms. The number of hydrogen-bond donors (Lipinski definition) is 0. The number of aromatic nitrogens is 1. The molecule has 2 heteroatoms. The fourth-order valence-corrected chi connectivity index (χ4v) is 1.39. The number of halogens is 1. The Morgan fingerprint density at radius 1 is 1.07 bits per heavy atom. The van der Waals surface area contributed by atoms with Crippen LogP contribution in [0.15, 0.2) is 48.8 Å². The molecule has 0 saturated heterocycles. The van der Waals surface area contributed by atoms with Crippen molar-refractivity contribution in [2.45, 2.75) is 6.42 Å². The Morgan fingerprint density at radius 2 is 1.93 bits per heavy atom. The lowest BCUT2D eigenvalue weighted by molar-refractivity contribution is 0.626. The van der Waals surface area contributed by atoms with Crippen molar-refractivity contribution in [3.8, 4) is 0 Å². The first-order valence-corrected chi connectivity index (χ1v) is 4.48. The lowest BCUT2D eigenvalue weighted by Crippen LogP contribution is -1.89. The molecule has 0 radical (unpaired) electrons. The zero-order chi connectivity index (χ0) is 9.80. The fourth-order valence-electron chi connectivity index (χ4n) is 1.39. The van der Waals surface area contributed by atoms with Crippen molar-refractivity contribution in [1.82, 2.24) is 4.98 Å². The second kappa shape index (κ2) is 4.01. The number of benzene rings is 1. The van der Waals surface area contributed by atoms with Gasteiger partial charge >= 0.3 is 0 Å². The zero-order valence-corrected chi connectivity index (χ0v) is 7.65. The van der Waals surface area contributed by atoms with Crippen LogP contribution in [0.3, 0.4) is 0 Å². The molecule has 0 aliphatic carbocycles. The molecule has 1 aromatic heterocycles. The predicted octanol–water partition coefficient (Wildman–Crippen LogP) is 2.81. The average Bonchev–Trinajstić information content (AvgIpc) is 2.19. The first kappa shape index (κ1) is 8.88. The van der Waals surface area contributed by atoms with Crippen molar-refractivity contribution < 1.29 is 4.39 Å². The largest absolute Gasteiger partial charge is 0.264 e. The van der Waals surface area contributed by atoms with Gasteiger partial charge in [-0.15, -0.1) is 0 Å². The third-order valence-electron chi connectivity index (χ3n) is 2.02. The highest BCUT2D eigenvalue weighted by atomic mass is 19.1. The third-order valence-corrected chi connectivity index (χ3v) is 2.02.